The molecule has 11 nitrogen and oxygen atoms in total. The van der Waals surface area contributed by atoms with Gasteiger partial charge in [-0.2, -0.15) is 4.80 Å². The molecule has 0 saturated carbocycles. The van der Waals surface area contributed by atoms with Gasteiger partial charge < -0.3 is 25.5 Å². The highest BCUT2D eigenvalue weighted by molar-refractivity contribution is 6.35. The highest BCUT2D eigenvalue weighted by Crippen LogP contribution is 2.37. The summed E-state index contributed by atoms with van der Waals surface area (Å²) in [5, 5.41) is 26.3. The van der Waals surface area contributed by atoms with Crippen molar-refractivity contribution in [2.24, 2.45) is 0 Å². The number of alkyl halides is 3. The largest absolute Gasteiger partial charge is 0.573 e. The Morgan fingerprint density at radius 2 is 2.11 bits per heavy atom. The van der Waals surface area contributed by atoms with Crippen molar-refractivity contribution < 1.29 is 32.6 Å². The van der Waals surface area contributed by atoms with E-state index in [1.165, 1.54) is 23.3 Å². The summed E-state index contributed by atoms with van der Waals surface area (Å²) in [6.07, 6.45) is -3.14. The van der Waals surface area contributed by atoms with Gasteiger partial charge in [-0.05, 0) is 48.9 Å². The van der Waals surface area contributed by atoms with Gasteiger partial charge in [0.1, 0.15) is 5.75 Å². The Bertz CT molecular complexity index is 1300. The second-order valence-corrected chi connectivity index (χ2v) is 7.79. The Labute approximate surface area is 196 Å². The highest BCUT2D eigenvalue weighted by Gasteiger charge is 2.33. The van der Waals surface area contributed by atoms with Gasteiger partial charge in [-0.25, -0.2) is 0 Å². The normalized spacial score (nSPS) is 15.1. The van der Waals surface area contributed by atoms with Crippen LogP contribution in [0.2, 0.25) is 0 Å². The van der Waals surface area contributed by atoms with E-state index in [0.717, 1.165) is 12.1 Å². The third kappa shape index (κ3) is 5.32. The van der Waals surface area contributed by atoms with Crippen LogP contribution in [0.5, 0.6) is 5.75 Å². The number of amides is 2. The van der Waals surface area contributed by atoms with E-state index in [2.05, 4.69) is 35.8 Å². The molecule has 1 unspecified atom stereocenters. The van der Waals surface area contributed by atoms with Gasteiger partial charge in [-0.3, -0.25) is 9.59 Å². The number of halogens is 3. The molecule has 14 heteroatoms. The van der Waals surface area contributed by atoms with Gasteiger partial charge in [0.2, 0.25) is 0 Å². The SMILES string of the molecule is Cc1[nH]c(/C=C2\C(=O)Nc3ccc(OC(F)(F)F)cc32)c(C)c1C(=O)NCC(O)Cn1ncnn1. The standard InChI is InChI=1S/C21H20F3N7O4/c1-10-17(6-15-14-5-13(35-21(22,23)24)3-4-16(14)29-19(15)33)28-11(2)18(10)20(34)25-7-12(32)8-31-27-9-26-30-31/h3-6,9,12,28,32H,7-8H2,1-2H3,(H,25,34)(H,29,33)/b15-6-. The first kappa shape index (κ1) is 23.9. The fourth-order valence-electron chi connectivity index (χ4n) is 3.74. The summed E-state index contributed by atoms with van der Waals surface area (Å²) in [7, 11) is 0. The first-order chi connectivity index (χ1) is 16.5. The molecule has 0 aliphatic carbocycles. The predicted octanol–water partition coefficient (Wildman–Crippen LogP) is 1.80. The van der Waals surface area contributed by atoms with Crippen LogP contribution < -0.4 is 15.4 Å². The average molecular weight is 491 g/mol. The van der Waals surface area contributed by atoms with Gasteiger partial charge in [-0.15, -0.1) is 23.4 Å². The van der Waals surface area contributed by atoms with Gasteiger partial charge in [0, 0.05) is 29.2 Å². The lowest BCUT2D eigenvalue weighted by molar-refractivity contribution is -0.274. The molecule has 2 aromatic heterocycles. The lowest BCUT2D eigenvalue weighted by Crippen LogP contribution is -2.35. The van der Waals surface area contributed by atoms with Crippen molar-refractivity contribution in [3.8, 4) is 5.75 Å². The minimum Gasteiger partial charge on any atom is -0.406 e. The van der Waals surface area contributed by atoms with Crippen LogP contribution in [0.25, 0.3) is 11.6 Å². The summed E-state index contributed by atoms with van der Waals surface area (Å²) < 4.78 is 41.8. The number of rotatable bonds is 7. The number of carbonyl (C=O) groups is 2. The zero-order valence-electron chi connectivity index (χ0n) is 18.5. The number of benzene rings is 1. The molecule has 0 spiro atoms. The number of aliphatic hydroxyl groups is 1. The van der Waals surface area contributed by atoms with Crippen molar-refractivity contribution in [3.63, 3.8) is 0 Å². The van der Waals surface area contributed by atoms with Crippen LogP contribution in [0.15, 0.2) is 24.5 Å². The van der Waals surface area contributed by atoms with Crippen LogP contribution in [-0.2, 0) is 11.3 Å². The first-order valence-electron chi connectivity index (χ1n) is 10.3. The molecule has 1 atom stereocenters. The number of ether oxygens (including phenoxy) is 1. The molecule has 1 aliphatic heterocycles. The summed E-state index contributed by atoms with van der Waals surface area (Å²) in [5.41, 5.74) is 2.45. The van der Waals surface area contributed by atoms with Crippen LogP contribution in [-0.4, -0.2) is 61.1 Å². The molecule has 4 N–H and O–H groups in total. The second-order valence-electron chi connectivity index (χ2n) is 7.79. The van der Waals surface area contributed by atoms with E-state index in [-0.39, 0.29) is 24.2 Å². The minimum atomic E-state index is -4.87. The van der Waals surface area contributed by atoms with Crippen LogP contribution in [0.1, 0.15) is 32.9 Å². The number of carbonyl (C=O) groups excluding carboxylic acids is 2. The van der Waals surface area contributed by atoms with E-state index in [4.69, 9.17) is 0 Å². The highest BCUT2D eigenvalue weighted by atomic mass is 19.4. The van der Waals surface area contributed by atoms with E-state index in [1.54, 1.807) is 13.8 Å². The molecular weight excluding hydrogens is 471 g/mol. The van der Waals surface area contributed by atoms with Gasteiger partial charge in [0.25, 0.3) is 11.8 Å². The number of hydrogen-bond acceptors (Lipinski definition) is 7. The zero-order chi connectivity index (χ0) is 25.3. The number of H-pyrrole nitrogens is 1. The smallest absolute Gasteiger partial charge is 0.406 e. The Balaban J connectivity index is 1.54. The molecule has 3 heterocycles. The molecule has 35 heavy (non-hydrogen) atoms. The molecule has 1 aromatic carbocycles. The van der Waals surface area contributed by atoms with Gasteiger partial charge in [-0.1, -0.05) is 0 Å². The predicted molar refractivity (Wildman–Crippen MR) is 116 cm³/mol. The molecule has 0 saturated heterocycles. The van der Waals surface area contributed by atoms with Crippen LogP contribution in [0, 0.1) is 13.8 Å². The van der Waals surface area contributed by atoms with E-state index in [9.17, 15) is 27.9 Å². The monoisotopic (exact) mass is 491 g/mol. The number of aryl methyl sites for hydroxylation is 1. The van der Waals surface area contributed by atoms with Crippen LogP contribution in [0.4, 0.5) is 18.9 Å². The fourth-order valence-corrected chi connectivity index (χ4v) is 3.74. The summed E-state index contributed by atoms with van der Waals surface area (Å²) in [6, 6.07) is 3.55. The summed E-state index contributed by atoms with van der Waals surface area (Å²) in [5.74, 6) is -1.42. The minimum absolute atomic E-state index is 0.0390. The maximum atomic E-state index is 12.8. The fraction of sp³-hybridized carbons (Fsp3) is 0.286. The van der Waals surface area contributed by atoms with Gasteiger partial charge in [0.05, 0.1) is 23.8 Å². The number of anilines is 1. The molecule has 184 valence electrons. The first-order valence-corrected chi connectivity index (χ1v) is 10.3. The number of nitrogens with one attached hydrogen (secondary N) is 3. The van der Waals surface area contributed by atoms with Crippen LogP contribution >= 0.6 is 0 Å². The lowest BCUT2D eigenvalue weighted by Gasteiger charge is -2.11. The number of aromatic nitrogens is 5. The summed E-state index contributed by atoms with van der Waals surface area (Å²) in [6.45, 7) is 3.30. The Hall–Kier alpha value is -4.20. The third-order valence-corrected chi connectivity index (χ3v) is 5.26. The third-order valence-electron chi connectivity index (χ3n) is 5.26. The maximum absolute atomic E-state index is 12.8. The van der Waals surface area contributed by atoms with E-state index in [0.29, 0.717) is 28.2 Å². The van der Waals surface area contributed by atoms with Crippen molar-refractivity contribution >= 4 is 29.2 Å². The van der Waals surface area contributed by atoms with Crippen LogP contribution in [0.3, 0.4) is 0 Å². The topological polar surface area (TPSA) is 147 Å². The van der Waals surface area contributed by atoms with E-state index in [1.807, 2.05) is 0 Å². The Kier molecular flexibility index (Phi) is 6.30. The zero-order valence-corrected chi connectivity index (χ0v) is 18.5. The van der Waals surface area contributed by atoms with Crippen molar-refractivity contribution in [2.45, 2.75) is 32.9 Å². The van der Waals surface area contributed by atoms with E-state index >= 15 is 0 Å². The van der Waals surface area contributed by atoms with E-state index < -0.39 is 30.0 Å². The molecule has 2 amide bonds. The van der Waals surface area contributed by atoms with Crippen molar-refractivity contribution in [1.82, 2.24) is 30.5 Å². The Morgan fingerprint density at radius 1 is 1.34 bits per heavy atom. The Morgan fingerprint density at radius 3 is 2.80 bits per heavy atom. The molecule has 0 fully saturated rings. The molecule has 4 rings (SSSR count). The molecule has 3 aromatic rings. The number of fused-ring (bicyclic) bond motifs is 1. The average Bonchev–Trinajstić information content (AvgIpc) is 3.45. The van der Waals surface area contributed by atoms with Crippen molar-refractivity contribution in [3.05, 3.63) is 52.6 Å². The number of aliphatic hydroxyl groups excluding tert-OH is 1. The quantitative estimate of drug-likeness (QED) is 0.369. The maximum Gasteiger partial charge on any atom is 0.573 e. The summed E-state index contributed by atoms with van der Waals surface area (Å²) in [4.78, 5) is 29.5. The molecule has 0 bridgehead atoms. The van der Waals surface area contributed by atoms with Gasteiger partial charge in [0.15, 0.2) is 6.33 Å². The van der Waals surface area contributed by atoms with Crippen molar-refractivity contribution in [1.29, 1.82) is 0 Å². The number of hydrogen-bond donors (Lipinski definition) is 4. The lowest BCUT2D eigenvalue weighted by atomic mass is 10.0. The number of nitrogens with zero attached hydrogens (tertiary/aromatic N) is 4. The number of aromatic amines is 1. The molecular formula is C21H20F3N7O4. The molecule has 1 aliphatic rings. The number of tetrazole rings is 1. The van der Waals surface area contributed by atoms with Gasteiger partial charge >= 0.3 is 6.36 Å². The summed E-state index contributed by atoms with van der Waals surface area (Å²) >= 11 is 0. The second kappa shape index (κ2) is 9.21. The van der Waals surface area contributed by atoms with Crippen molar-refractivity contribution in [2.75, 3.05) is 11.9 Å². The molecule has 0 radical (unpaired) electrons.